The van der Waals surface area contributed by atoms with Crippen molar-refractivity contribution in [3.63, 3.8) is 0 Å². The molecule has 1 amide bonds. The molecule has 0 spiro atoms. The zero-order valence-electron chi connectivity index (χ0n) is 16.8. The largest absolute Gasteiger partial charge is 0.444 e. The van der Waals surface area contributed by atoms with Gasteiger partial charge in [0.25, 0.3) is 0 Å². The summed E-state index contributed by atoms with van der Waals surface area (Å²) in [5, 5.41) is 9.84. The van der Waals surface area contributed by atoms with E-state index in [0.29, 0.717) is 6.54 Å². The Hall–Kier alpha value is -1.59. The predicted molar refractivity (Wildman–Crippen MR) is 104 cm³/mol. The maximum atomic E-state index is 12.6. The fourth-order valence-corrected chi connectivity index (χ4v) is 3.49. The van der Waals surface area contributed by atoms with Crippen molar-refractivity contribution < 1.29 is 14.6 Å². The van der Waals surface area contributed by atoms with Crippen LogP contribution in [0.4, 0.5) is 4.79 Å². The standard InChI is InChI=1S/C21H34N2O3/c1-16(2)23(20(25)26-21(3,4)5)14-18-12-22(13-19(18)15-24)11-17-9-7-6-8-10-17/h6-10,16,18-19,24H,11-15H2,1-5H3/t18-,19+/m0/s1. The second-order valence-electron chi connectivity index (χ2n) is 8.61. The number of hydrogen-bond acceptors (Lipinski definition) is 4. The smallest absolute Gasteiger partial charge is 0.410 e. The van der Waals surface area contributed by atoms with E-state index in [-0.39, 0.29) is 30.6 Å². The summed E-state index contributed by atoms with van der Waals surface area (Å²) in [5.74, 6) is 0.432. The molecule has 1 N–H and O–H groups in total. The number of nitrogens with zero attached hydrogens (tertiary/aromatic N) is 2. The van der Waals surface area contributed by atoms with E-state index in [2.05, 4.69) is 29.2 Å². The van der Waals surface area contributed by atoms with Crippen LogP contribution in [0.5, 0.6) is 0 Å². The molecule has 1 heterocycles. The molecule has 1 aliphatic heterocycles. The van der Waals surface area contributed by atoms with Gasteiger partial charge in [0.15, 0.2) is 0 Å². The topological polar surface area (TPSA) is 53.0 Å². The Bertz CT molecular complexity index is 568. The van der Waals surface area contributed by atoms with Crippen molar-refractivity contribution in [3.05, 3.63) is 35.9 Å². The number of benzene rings is 1. The van der Waals surface area contributed by atoms with Gasteiger partial charge in [-0.25, -0.2) is 4.79 Å². The first-order chi connectivity index (χ1) is 12.2. The van der Waals surface area contributed by atoms with E-state index >= 15 is 0 Å². The van der Waals surface area contributed by atoms with E-state index in [0.717, 1.165) is 19.6 Å². The number of carbonyl (C=O) groups is 1. The van der Waals surface area contributed by atoms with Crippen LogP contribution in [0.25, 0.3) is 0 Å². The number of likely N-dealkylation sites (tertiary alicyclic amines) is 1. The highest BCUT2D eigenvalue weighted by Gasteiger charge is 2.36. The zero-order valence-corrected chi connectivity index (χ0v) is 16.8. The number of carbonyl (C=O) groups excluding carboxylic acids is 1. The Morgan fingerprint density at radius 3 is 2.38 bits per heavy atom. The molecule has 5 heteroatoms. The first-order valence-electron chi connectivity index (χ1n) is 9.56. The molecule has 0 aliphatic carbocycles. The van der Waals surface area contributed by atoms with Gasteiger partial charge < -0.3 is 14.7 Å². The number of rotatable bonds is 6. The first-order valence-corrected chi connectivity index (χ1v) is 9.56. The van der Waals surface area contributed by atoms with E-state index in [9.17, 15) is 9.90 Å². The van der Waals surface area contributed by atoms with Crippen LogP contribution in [-0.2, 0) is 11.3 Å². The third kappa shape index (κ3) is 5.99. The summed E-state index contributed by atoms with van der Waals surface area (Å²) in [4.78, 5) is 16.7. The molecule has 26 heavy (non-hydrogen) atoms. The highest BCUT2D eigenvalue weighted by atomic mass is 16.6. The summed E-state index contributed by atoms with van der Waals surface area (Å²) < 4.78 is 5.57. The second-order valence-corrected chi connectivity index (χ2v) is 8.61. The molecule has 1 fully saturated rings. The van der Waals surface area contributed by atoms with E-state index < -0.39 is 5.60 Å². The minimum absolute atomic E-state index is 0.0624. The Labute approximate surface area is 157 Å². The minimum Gasteiger partial charge on any atom is -0.444 e. The van der Waals surface area contributed by atoms with Gasteiger partial charge in [-0.3, -0.25) is 4.90 Å². The molecule has 0 unspecified atom stereocenters. The lowest BCUT2D eigenvalue weighted by atomic mass is 9.96. The molecule has 1 aromatic rings. The quantitative estimate of drug-likeness (QED) is 0.843. The van der Waals surface area contributed by atoms with E-state index in [1.165, 1.54) is 5.56 Å². The molecule has 0 aromatic heterocycles. The predicted octanol–water partition coefficient (Wildman–Crippen LogP) is 3.37. The lowest BCUT2D eigenvalue weighted by Gasteiger charge is -2.33. The lowest BCUT2D eigenvalue weighted by molar-refractivity contribution is 0.0136. The first kappa shape index (κ1) is 20.7. The average Bonchev–Trinajstić information content (AvgIpc) is 2.93. The van der Waals surface area contributed by atoms with Crippen LogP contribution in [0, 0.1) is 11.8 Å². The van der Waals surface area contributed by atoms with Crippen LogP contribution in [0.2, 0.25) is 0 Å². The van der Waals surface area contributed by atoms with Gasteiger partial charge in [0.05, 0.1) is 0 Å². The Morgan fingerprint density at radius 1 is 1.23 bits per heavy atom. The lowest BCUT2D eigenvalue weighted by Crippen LogP contribution is -2.45. The van der Waals surface area contributed by atoms with Gasteiger partial charge in [0.1, 0.15) is 5.60 Å². The maximum absolute atomic E-state index is 12.6. The van der Waals surface area contributed by atoms with Crippen molar-refractivity contribution in [2.24, 2.45) is 11.8 Å². The zero-order chi connectivity index (χ0) is 19.3. The molecule has 0 saturated carbocycles. The average molecular weight is 363 g/mol. The molecular weight excluding hydrogens is 328 g/mol. The highest BCUT2D eigenvalue weighted by Crippen LogP contribution is 2.27. The monoisotopic (exact) mass is 362 g/mol. The van der Waals surface area contributed by atoms with Gasteiger partial charge in [-0.15, -0.1) is 0 Å². The van der Waals surface area contributed by atoms with Crippen LogP contribution in [0.1, 0.15) is 40.2 Å². The number of aliphatic hydroxyl groups excluding tert-OH is 1. The fourth-order valence-electron chi connectivity index (χ4n) is 3.49. The van der Waals surface area contributed by atoms with Crippen LogP contribution < -0.4 is 0 Å². The summed E-state index contributed by atoms with van der Waals surface area (Å²) in [5.41, 5.74) is 0.771. The molecule has 1 saturated heterocycles. The van der Waals surface area contributed by atoms with E-state index in [1.807, 2.05) is 40.7 Å². The molecule has 1 aliphatic rings. The van der Waals surface area contributed by atoms with Crippen LogP contribution >= 0.6 is 0 Å². The third-order valence-electron chi connectivity index (χ3n) is 4.82. The highest BCUT2D eigenvalue weighted by molar-refractivity contribution is 5.68. The summed E-state index contributed by atoms with van der Waals surface area (Å²) in [6, 6.07) is 10.4. The van der Waals surface area contributed by atoms with E-state index in [4.69, 9.17) is 4.74 Å². The molecule has 1 aromatic carbocycles. The molecule has 5 nitrogen and oxygen atoms in total. The molecule has 0 bridgehead atoms. The summed E-state index contributed by atoms with van der Waals surface area (Å²) in [6.07, 6.45) is -0.273. The third-order valence-corrected chi connectivity index (χ3v) is 4.82. The maximum Gasteiger partial charge on any atom is 0.410 e. The summed E-state index contributed by atoms with van der Waals surface area (Å²) in [6.45, 7) is 13.1. The number of aliphatic hydroxyl groups is 1. The minimum atomic E-state index is -0.504. The van der Waals surface area contributed by atoms with Gasteiger partial charge in [0.2, 0.25) is 0 Å². The van der Waals surface area contributed by atoms with Crippen LogP contribution in [0.3, 0.4) is 0 Å². The van der Waals surface area contributed by atoms with Crippen molar-refractivity contribution in [1.82, 2.24) is 9.80 Å². The molecule has 0 radical (unpaired) electrons. The summed E-state index contributed by atoms with van der Waals surface area (Å²) in [7, 11) is 0. The molecule has 146 valence electrons. The van der Waals surface area contributed by atoms with Gasteiger partial charge in [0, 0.05) is 44.7 Å². The van der Waals surface area contributed by atoms with Crippen molar-refractivity contribution in [1.29, 1.82) is 0 Å². The molecule has 2 rings (SSSR count). The van der Waals surface area contributed by atoms with Crippen molar-refractivity contribution >= 4 is 6.09 Å². The van der Waals surface area contributed by atoms with Gasteiger partial charge in [-0.05, 0) is 46.1 Å². The second kappa shape index (κ2) is 8.87. The number of amides is 1. The SMILES string of the molecule is CC(C)N(C[C@@H]1CN(Cc2ccccc2)C[C@@H]1CO)C(=O)OC(C)(C)C. The normalized spacial score (nSPS) is 21.2. The van der Waals surface area contributed by atoms with Gasteiger partial charge in [-0.2, -0.15) is 0 Å². The Balaban J connectivity index is 2.01. The molecule has 2 atom stereocenters. The van der Waals surface area contributed by atoms with Gasteiger partial charge in [-0.1, -0.05) is 30.3 Å². The molecular formula is C21H34N2O3. The number of hydrogen-bond donors (Lipinski definition) is 1. The van der Waals surface area contributed by atoms with Gasteiger partial charge >= 0.3 is 6.09 Å². The van der Waals surface area contributed by atoms with Crippen molar-refractivity contribution in [2.75, 3.05) is 26.2 Å². The van der Waals surface area contributed by atoms with Crippen molar-refractivity contribution in [2.45, 2.75) is 52.8 Å². The van der Waals surface area contributed by atoms with E-state index in [1.54, 1.807) is 4.90 Å². The number of ether oxygens (including phenoxy) is 1. The summed E-state index contributed by atoms with van der Waals surface area (Å²) >= 11 is 0. The Morgan fingerprint density at radius 2 is 1.85 bits per heavy atom. The Kier molecular flexibility index (Phi) is 7.07. The fraction of sp³-hybridized carbons (Fsp3) is 0.667. The van der Waals surface area contributed by atoms with Crippen molar-refractivity contribution in [3.8, 4) is 0 Å². The van der Waals surface area contributed by atoms with Crippen LogP contribution in [-0.4, -0.2) is 58.9 Å². The van der Waals surface area contributed by atoms with Crippen LogP contribution in [0.15, 0.2) is 30.3 Å².